The Labute approximate surface area is 319 Å². The lowest BCUT2D eigenvalue weighted by molar-refractivity contribution is 0.280. The van der Waals surface area contributed by atoms with E-state index in [4.69, 9.17) is 14.1 Å². The fraction of sp³-hybridized carbons (Fsp3) is 0.0200. The van der Waals surface area contributed by atoms with Gasteiger partial charge in [-0.15, -0.1) is 0 Å². The zero-order valence-electron chi connectivity index (χ0n) is 29.9. The molecule has 260 valence electrons. The molecular weight excluding hydrogens is 689 g/mol. The lowest BCUT2D eigenvalue weighted by Crippen LogP contribution is -2.74. The molecule has 8 aromatic carbocycles. The summed E-state index contributed by atoms with van der Waals surface area (Å²) in [6.07, 6.45) is 0. The van der Waals surface area contributed by atoms with E-state index in [0.29, 0.717) is 6.61 Å². The molecule has 0 bridgehead atoms. The van der Waals surface area contributed by atoms with E-state index in [1.807, 2.05) is 30.3 Å². The van der Waals surface area contributed by atoms with Gasteiger partial charge in [-0.25, -0.2) is 4.98 Å². The van der Waals surface area contributed by atoms with Crippen molar-refractivity contribution >= 4 is 61.8 Å². The van der Waals surface area contributed by atoms with Crippen LogP contribution in [-0.2, 0) is 6.61 Å². The molecule has 0 amide bonds. The highest BCUT2D eigenvalue weighted by molar-refractivity contribution is 7.20. The maximum atomic E-state index is 6.20. The summed E-state index contributed by atoms with van der Waals surface area (Å²) in [5.41, 5.74) is 9.55. The monoisotopic (exact) mass is 722 g/mol. The average molecular weight is 723 g/mol. The Morgan fingerprint density at radius 3 is 1.78 bits per heavy atom. The molecule has 5 heteroatoms. The Morgan fingerprint density at radius 1 is 0.455 bits per heavy atom. The largest absolute Gasteiger partial charge is 0.483 e. The van der Waals surface area contributed by atoms with Gasteiger partial charge in [-0.2, -0.15) is 0 Å². The molecule has 0 atom stereocenters. The maximum absolute atomic E-state index is 6.20. The summed E-state index contributed by atoms with van der Waals surface area (Å²) in [5.74, 6) is 1.80. The van der Waals surface area contributed by atoms with Crippen LogP contribution in [0, 0.1) is 0 Å². The molecule has 0 radical (unpaired) electrons. The number of hydrogen-bond donors (Lipinski definition) is 0. The van der Waals surface area contributed by atoms with Crippen LogP contribution in [0.25, 0.3) is 60.9 Å². The number of rotatable bonds is 6. The van der Waals surface area contributed by atoms with E-state index in [2.05, 4.69) is 168 Å². The molecular formula is C50H34N2O2Si. The number of para-hydroxylation sites is 3. The van der Waals surface area contributed by atoms with Crippen molar-refractivity contribution in [2.24, 2.45) is 0 Å². The lowest BCUT2D eigenvalue weighted by atomic mass is 10.0. The second kappa shape index (κ2) is 12.6. The third kappa shape index (κ3) is 5.01. The Hall–Kier alpha value is -6.95. The minimum atomic E-state index is -2.87. The van der Waals surface area contributed by atoms with Crippen LogP contribution in [0.2, 0.25) is 0 Å². The highest BCUT2D eigenvalue weighted by atomic mass is 28.3. The molecule has 0 unspecified atom stereocenters. The molecule has 0 fully saturated rings. The van der Waals surface area contributed by atoms with Crippen LogP contribution in [-0.4, -0.2) is 17.6 Å². The SMILES string of the molecule is c1ccc([Si](c2ccccc2)(c2cccc(-c3ccc4c(c3)nc3n4-c4ccccc4OC3)c2)c2cccc(-c3ccc4oc5ccccc5c4c3)c2)cc1. The van der Waals surface area contributed by atoms with E-state index in [1.54, 1.807) is 0 Å². The van der Waals surface area contributed by atoms with E-state index in [0.717, 1.165) is 55.8 Å². The summed E-state index contributed by atoms with van der Waals surface area (Å²) in [7, 11) is -2.87. The van der Waals surface area contributed by atoms with E-state index in [9.17, 15) is 0 Å². The van der Waals surface area contributed by atoms with Crippen LogP contribution in [0.3, 0.4) is 0 Å². The number of benzene rings is 8. The number of hydrogen-bond acceptors (Lipinski definition) is 3. The third-order valence-electron chi connectivity index (χ3n) is 11.2. The Kier molecular flexibility index (Phi) is 7.22. The van der Waals surface area contributed by atoms with Crippen LogP contribution in [0.15, 0.2) is 199 Å². The van der Waals surface area contributed by atoms with Gasteiger partial charge >= 0.3 is 0 Å². The van der Waals surface area contributed by atoms with E-state index >= 15 is 0 Å². The first-order valence-electron chi connectivity index (χ1n) is 18.7. The second-order valence-electron chi connectivity index (χ2n) is 14.3. The van der Waals surface area contributed by atoms with Gasteiger partial charge in [0.1, 0.15) is 23.5 Å². The summed E-state index contributed by atoms with van der Waals surface area (Å²) < 4.78 is 14.5. The first-order valence-corrected chi connectivity index (χ1v) is 20.7. The minimum absolute atomic E-state index is 0.449. The molecule has 0 aliphatic carbocycles. The van der Waals surface area contributed by atoms with E-state index in [-0.39, 0.29) is 0 Å². The van der Waals surface area contributed by atoms with Gasteiger partial charge in [0.2, 0.25) is 0 Å². The van der Waals surface area contributed by atoms with Crippen molar-refractivity contribution in [3.05, 3.63) is 200 Å². The smallest absolute Gasteiger partial charge is 0.179 e. The molecule has 0 spiro atoms. The predicted octanol–water partition coefficient (Wildman–Crippen LogP) is 9.53. The number of imidazole rings is 1. The molecule has 2 aromatic heterocycles. The summed E-state index contributed by atoms with van der Waals surface area (Å²) in [6.45, 7) is 0.449. The van der Waals surface area contributed by atoms with Gasteiger partial charge < -0.3 is 9.15 Å². The van der Waals surface area contributed by atoms with Crippen LogP contribution < -0.4 is 25.5 Å². The summed E-state index contributed by atoms with van der Waals surface area (Å²) in [4.78, 5) is 5.06. The maximum Gasteiger partial charge on any atom is 0.179 e. The van der Waals surface area contributed by atoms with Crippen molar-refractivity contribution in [1.82, 2.24) is 9.55 Å². The van der Waals surface area contributed by atoms with E-state index < -0.39 is 8.07 Å². The zero-order valence-corrected chi connectivity index (χ0v) is 30.9. The lowest BCUT2D eigenvalue weighted by Gasteiger charge is -2.35. The van der Waals surface area contributed by atoms with Crippen molar-refractivity contribution in [2.75, 3.05) is 0 Å². The molecule has 3 heterocycles. The topological polar surface area (TPSA) is 40.2 Å². The Bertz CT molecular complexity index is 3020. The zero-order chi connectivity index (χ0) is 36.3. The number of ether oxygens (including phenoxy) is 1. The average Bonchev–Trinajstić information content (AvgIpc) is 3.83. The van der Waals surface area contributed by atoms with Gasteiger partial charge in [0, 0.05) is 10.8 Å². The van der Waals surface area contributed by atoms with Crippen LogP contribution in [0.4, 0.5) is 0 Å². The van der Waals surface area contributed by atoms with Crippen molar-refractivity contribution in [2.45, 2.75) is 6.61 Å². The normalized spacial score (nSPS) is 12.4. The van der Waals surface area contributed by atoms with Crippen molar-refractivity contribution in [3.63, 3.8) is 0 Å². The van der Waals surface area contributed by atoms with Crippen LogP contribution >= 0.6 is 0 Å². The van der Waals surface area contributed by atoms with Gasteiger partial charge in [-0.3, -0.25) is 4.57 Å². The van der Waals surface area contributed by atoms with Gasteiger partial charge in [0.15, 0.2) is 13.9 Å². The second-order valence-corrected chi connectivity index (χ2v) is 18.1. The van der Waals surface area contributed by atoms with Crippen molar-refractivity contribution in [1.29, 1.82) is 0 Å². The molecule has 0 N–H and O–H groups in total. The highest BCUT2D eigenvalue weighted by Gasteiger charge is 2.41. The molecule has 55 heavy (non-hydrogen) atoms. The molecule has 4 nitrogen and oxygen atoms in total. The predicted molar refractivity (Wildman–Crippen MR) is 227 cm³/mol. The quantitative estimate of drug-likeness (QED) is 0.127. The molecule has 1 aliphatic rings. The summed E-state index contributed by atoms with van der Waals surface area (Å²) in [5, 5.41) is 7.59. The fourth-order valence-corrected chi connectivity index (χ4v) is 13.5. The van der Waals surface area contributed by atoms with Gasteiger partial charge in [-0.05, 0) is 85.5 Å². The summed E-state index contributed by atoms with van der Waals surface area (Å²) >= 11 is 0. The van der Waals surface area contributed by atoms with Crippen LogP contribution in [0.5, 0.6) is 5.75 Å². The van der Waals surface area contributed by atoms with Crippen LogP contribution in [0.1, 0.15) is 5.82 Å². The first-order chi connectivity index (χ1) is 27.2. The van der Waals surface area contributed by atoms with Crippen molar-refractivity contribution < 1.29 is 9.15 Å². The Balaban J connectivity index is 1.10. The standard InChI is InChI=1S/C50H34N2O2Si/c1-3-15-38(16-4-1)55(39-17-5-2-6-18-39,40-19-11-13-34(29-40)36-26-28-48-43(31-36)42-21-7-9-23-47(42)54-48)41-20-12-14-35(30-41)37-25-27-45-44(32-37)51-50-33-53-49-24-10-8-22-46(49)52(45)50/h1-32H,33H2. The number of nitrogens with zero attached hydrogens (tertiary/aromatic N) is 2. The highest BCUT2D eigenvalue weighted by Crippen LogP contribution is 2.35. The number of fused-ring (bicyclic) bond motifs is 8. The van der Waals surface area contributed by atoms with Crippen molar-refractivity contribution in [3.8, 4) is 33.7 Å². The first kappa shape index (κ1) is 31.6. The molecule has 10 aromatic rings. The molecule has 1 aliphatic heterocycles. The number of aromatic nitrogens is 2. The number of furan rings is 1. The minimum Gasteiger partial charge on any atom is -0.483 e. The van der Waals surface area contributed by atoms with Gasteiger partial charge in [0.25, 0.3) is 0 Å². The summed E-state index contributed by atoms with van der Waals surface area (Å²) in [6, 6.07) is 70.5. The fourth-order valence-electron chi connectivity index (χ4n) is 8.73. The Morgan fingerprint density at radius 2 is 1.04 bits per heavy atom. The van der Waals surface area contributed by atoms with E-state index in [1.165, 1.54) is 37.4 Å². The van der Waals surface area contributed by atoms with Gasteiger partial charge in [0.05, 0.1) is 16.7 Å². The molecule has 11 rings (SSSR count). The molecule has 0 saturated heterocycles. The third-order valence-corrected chi connectivity index (χ3v) is 16.0. The molecule has 0 saturated carbocycles. The van der Waals surface area contributed by atoms with Gasteiger partial charge in [-0.1, -0.05) is 152 Å².